The Hall–Kier alpha value is -4.62. The van der Waals surface area contributed by atoms with Crippen molar-refractivity contribution < 1.29 is 0 Å². The molecule has 0 radical (unpaired) electrons. The second-order valence-corrected chi connectivity index (χ2v) is 8.23. The molecule has 35 heavy (non-hydrogen) atoms. The van der Waals surface area contributed by atoms with Crippen LogP contribution in [0.25, 0.3) is 22.1 Å². The van der Waals surface area contributed by atoms with Crippen molar-refractivity contribution in [2.75, 3.05) is 0 Å². The van der Waals surface area contributed by atoms with E-state index in [1.807, 2.05) is 43.3 Å². The van der Waals surface area contributed by atoms with Crippen LogP contribution in [0, 0.1) is 18.3 Å². The van der Waals surface area contributed by atoms with Crippen LogP contribution in [-0.2, 0) is 26.7 Å². The molecule has 3 heterocycles. The van der Waals surface area contributed by atoms with Crippen molar-refractivity contribution in [1.82, 2.24) is 28.7 Å². The van der Waals surface area contributed by atoms with Gasteiger partial charge in [0.25, 0.3) is 5.56 Å². The summed E-state index contributed by atoms with van der Waals surface area (Å²) in [4.78, 5) is 40.4. The lowest BCUT2D eigenvalue weighted by atomic mass is 10.1. The number of fused-ring (bicyclic) bond motifs is 2. The lowest BCUT2D eigenvalue weighted by molar-refractivity contribution is 0.632. The normalized spacial score (nSPS) is 11.3. The largest absolute Gasteiger partial charge is 0.332 e. The van der Waals surface area contributed by atoms with Gasteiger partial charge in [0.05, 0.1) is 36.8 Å². The van der Waals surface area contributed by atoms with E-state index in [-0.39, 0.29) is 30.8 Å². The van der Waals surface area contributed by atoms with Crippen LogP contribution in [0.4, 0.5) is 0 Å². The number of nitriles is 1. The molecule has 0 atom stereocenters. The maximum absolute atomic E-state index is 13.7. The third-order valence-corrected chi connectivity index (χ3v) is 6.10. The Balaban J connectivity index is 1.70. The van der Waals surface area contributed by atoms with E-state index in [0.717, 1.165) is 26.7 Å². The van der Waals surface area contributed by atoms with Crippen molar-refractivity contribution in [2.45, 2.75) is 26.6 Å². The molecule has 174 valence electrons. The number of rotatable bonds is 5. The van der Waals surface area contributed by atoms with Gasteiger partial charge in [0.2, 0.25) is 0 Å². The molecule has 0 saturated carbocycles. The van der Waals surface area contributed by atoms with Gasteiger partial charge in [-0.3, -0.25) is 13.9 Å². The zero-order chi connectivity index (χ0) is 24.7. The number of nitrogens with zero attached hydrogens (tertiary/aromatic N) is 7. The molecule has 0 aliphatic rings. The topological polar surface area (TPSA) is 137 Å². The van der Waals surface area contributed by atoms with Crippen LogP contribution in [0.1, 0.15) is 28.5 Å². The second-order valence-electron chi connectivity index (χ2n) is 8.23. The molecule has 0 fully saturated rings. The van der Waals surface area contributed by atoms with Crippen LogP contribution < -0.4 is 17.0 Å². The molecule has 2 N–H and O–H groups in total. The van der Waals surface area contributed by atoms with Crippen LogP contribution in [0.5, 0.6) is 0 Å². The maximum atomic E-state index is 13.7. The van der Waals surface area contributed by atoms with Gasteiger partial charge < -0.3 is 10.3 Å². The first-order valence-corrected chi connectivity index (χ1v) is 11.0. The minimum Gasteiger partial charge on any atom is -0.324 e. The van der Waals surface area contributed by atoms with Gasteiger partial charge >= 0.3 is 5.69 Å². The van der Waals surface area contributed by atoms with Crippen molar-refractivity contribution >= 4 is 22.1 Å². The SMILES string of the molecule is Cc1nc(Cn2c(=O)c3c(nc(CN)n3Cc3ccccc3C#N)n(C)c2=O)nc2ccccc12. The van der Waals surface area contributed by atoms with E-state index in [1.54, 1.807) is 23.7 Å². The molecule has 0 unspecified atom stereocenters. The van der Waals surface area contributed by atoms with Crippen LogP contribution >= 0.6 is 0 Å². The number of benzene rings is 2. The summed E-state index contributed by atoms with van der Waals surface area (Å²) in [5.74, 6) is 0.801. The number of aryl methyl sites for hydroxylation is 2. The highest BCUT2D eigenvalue weighted by Crippen LogP contribution is 2.17. The molecule has 0 aliphatic carbocycles. The molecular weight excluding hydrogens is 444 g/mol. The molecule has 0 saturated heterocycles. The van der Waals surface area contributed by atoms with Crippen LogP contribution in [0.2, 0.25) is 0 Å². The Labute approximate surface area is 199 Å². The molecule has 5 aromatic rings. The van der Waals surface area contributed by atoms with E-state index in [9.17, 15) is 14.9 Å². The molecule has 0 bridgehead atoms. The first-order chi connectivity index (χ1) is 16.9. The molecule has 10 nitrogen and oxygen atoms in total. The Morgan fingerprint density at radius 3 is 2.49 bits per heavy atom. The number of imidazole rings is 1. The van der Waals surface area contributed by atoms with Crippen LogP contribution in [0.15, 0.2) is 58.1 Å². The van der Waals surface area contributed by atoms with Crippen molar-refractivity contribution in [2.24, 2.45) is 12.8 Å². The zero-order valence-corrected chi connectivity index (χ0v) is 19.3. The molecule has 5 rings (SSSR count). The van der Waals surface area contributed by atoms with E-state index < -0.39 is 11.2 Å². The molecular formula is C25H22N8O2. The fourth-order valence-corrected chi connectivity index (χ4v) is 4.33. The quantitative estimate of drug-likeness (QED) is 0.415. The van der Waals surface area contributed by atoms with E-state index in [1.165, 1.54) is 4.57 Å². The van der Waals surface area contributed by atoms with Gasteiger partial charge in [-0.15, -0.1) is 0 Å². The zero-order valence-electron chi connectivity index (χ0n) is 19.3. The minimum absolute atomic E-state index is 0.0595. The predicted molar refractivity (Wildman–Crippen MR) is 131 cm³/mol. The molecule has 2 aromatic carbocycles. The number of hydrogen-bond acceptors (Lipinski definition) is 7. The number of nitrogens with two attached hydrogens (primary N) is 1. The van der Waals surface area contributed by atoms with Gasteiger partial charge in [0, 0.05) is 18.1 Å². The summed E-state index contributed by atoms with van der Waals surface area (Å²) in [5, 5.41) is 10.4. The Morgan fingerprint density at radius 1 is 0.971 bits per heavy atom. The fourth-order valence-electron chi connectivity index (χ4n) is 4.33. The summed E-state index contributed by atoms with van der Waals surface area (Å²) in [5.41, 5.74) is 8.09. The van der Waals surface area contributed by atoms with Crippen molar-refractivity contribution in [3.8, 4) is 6.07 Å². The number of para-hydroxylation sites is 1. The summed E-state index contributed by atoms with van der Waals surface area (Å²) >= 11 is 0. The Bertz CT molecular complexity index is 1770. The Kier molecular flexibility index (Phi) is 5.47. The molecule has 3 aromatic heterocycles. The highest BCUT2D eigenvalue weighted by Gasteiger charge is 2.21. The van der Waals surface area contributed by atoms with E-state index >= 15 is 0 Å². The van der Waals surface area contributed by atoms with E-state index in [0.29, 0.717) is 17.2 Å². The summed E-state index contributed by atoms with van der Waals surface area (Å²) in [6.45, 7) is 2.05. The third-order valence-electron chi connectivity index (χ3n) is 6.10. The van der Waals surface area contributed by atoms with Gasteiger partial charge in [-0.2, -0.15) is 5.26 Å². The molecule has 0 amide bonds. The minimum atomic E-state index is -0.525. The molecule has 0 spiro atoms. The monoisotopic (exact) mass is 466 g/mol. The van der Waals surface area contributed by atoms with Gasteiger partial charge in [0.15, 0.2) is 11.2 Å². The van der Waals surface area contributed by atoms with E-state index in [4.69, 9.17) is 5.73 Å². The lowest BCUT2D eigenvalue weighted by Gasteiger charge is -2.12. The first-order valence-electron chi connectivity index (χ1n) is 11.0. The summed E-state index contributed by atoms with van der Waals surface area (Å²) in [6.07, 6.45) is 0. The van der Waals surface area contributed by atoms with Gasteiger partial charge in [-0.1, -0.05) is 36.4 Å². The highest BCUT2D eigenvalue weighted by molar-refractivity contribution is 5.80. The predicted octanol–water partition coefficient (Wildman–Crippen LogP) is 1.58. The van der Waals surface area contributed by atoms with Gasteiger partial charge in [0.1, 0.15) is 11.6 Å². The molecule has 0 aliphatic heterocycles. The summed E-state index contributed by atoms with van der Waals surface area (Å²) in [7, 11) is 1.56. The fraction of sp³-hybridized carbons (Fsp3) is 0.200. The van der Waals surface area contributed by atoms with Gasteiger partial charge in [-0.05, 0) is 24.6 Å². The van der Waals surface area contributed by atoms with Crippen molar-refractivity contribution in [1.29, 1.82) is 5.26 Å². The van der Waals surface area contributed by atoms with Crippen molar-refractivity contribution in [3.63, 3.8) is 0 Å². The average Bonchev–Trinajstić information content (AvgIpc) is 3.24. The summed E-state index contributed by atoms with van der Waals surface area (Å²) < 4.78 is 4.12. The summed E-state index contributed by atoms with van der Waals surface area (Å²) in [6, 6.07) is 16.9. The number of aromatic nitrogens is 6. The van der Waals surface area contributed by atoms with E-state index in [2.05, 4.69) is 21.0 Å². The standard InChI is InChI=1S/C25H22N8O2/c1-15-18-9-5-6-10-19(18)29-20(28-15)14-33-24(34)22-23(31(2)25(33)35)30-21(12-27)32(22)13-17-8-4-3-7-16(17)11-26/h3-10H,12-14,27H2,1-2H3. The van der Waals surface area contributed by atoms with Crippen LogP contribution in [0.3, 0.4) is 0 Å². The second kappa shape index (κ2) is 8.62. The average molecular weight is 467 g/mol. The third kappa shape index (κ3) is 3.68. The Morgan fingerprint density at radius 2 is 1.71 bits per heavy atom. The molecule has 10 heteroatoms. The first kappa shape index (κ1) is 22.2. The maximum Gasteiger partial charge on any atom is 0.332 e. The van der Waals surface area contributed by atoms with Crippen molar-refractivity contribution in [3.05, 3.63) is 97.8 Å². The lowest BCUT2D eigenvalue weighted by Crippen LogP contribution is -2.40. The highest BCUT2D eigenvalue weighted by atomic mass is 16.2. The van der Waals surface area contributed by atoms with Crippen LogP contribution in [-0.4, -0.2) is 28.7 Å². The number of hydrogen-bond donors (Lipinski definition) is 1. The van der Waals surface area contributed by atoms with Gasteiger partial charge in [-0.25, -0.2) is 19.7 Å². The smallest absolute Gasteiger partial charge is 0.324 e.